The number of hydrogen-bond acceptors (Lipinski definition) is 2. The molecule has 11 aromatic carbocycles. The zero-order chi connectivity index (χ0) is 47.0. The molecule has 2 unspecified atom stereocenters. The smallest absolute Gasteiger partial charge is 0.0620 e. The summed E-state index contributed by atoms with van der Waals surface area (Å²) in [6.45, 7) is 7.65. The minimum Gasteiger partial charge on any atom is -0.309 e. The van der Waals surface area contributed by atoms with Crippen molar-refractivity contribution in [3.05, 3.63) is 254 Å². The van der Waals surface area contributed by atoms with Gasteiger partial charge in [0.25, 0.3) is 0 Å². The Hall–Kier alpha value is -8.20. The molecule has 2 aliphatic rings. The Morgan fingerprint density at radius 2 is 0.714 bits per heavy atom. The molecule has 2 nitrogen and oxygen atoms in total. The lowest BCUT2D eigenvalue weighted by molar-refractivity contribution is 0.231. The molecular formula is C68H54N2. The van der Waals surface area contributed by atoms with Crippen molar-refractivity contribution >= 4 is 66.4 Å². The standard InChI is InChI=1S/C68H54N2/c1-67(2)60-42-43-68(67,3)64-62(47-26-12-5-13-27-47)54-40-38-48(44-58(54)61(63(60)64)46-24-10-4-11-25-46)49-39-41-57-59(45-49)66(70(52-32-18-8-19-33-52)53-34-20-9-21-35-53)56-37-23-22-36-55(56)65(57)69(50-28-14-6-15-29-50)51-30-16-7-17-31-51/h4-41,44-45,60H,42-43H2,1-3H3. The van der Waals surface area contributed by atoms with Crippen molar-refractivity contribution in [1.82, 2.24) is 0 Å². The van der Waals surface area contributed by atoms with Crippen molar-refractivity contribution in [2.75, 3.05) is 9.80 Å². The highest BCUT2D eigenvalue weighted by Crippen LogP contribution is 2.71. The van der Waals surface area contributed by atoms with Gasteiger partial charge < -0.3 is 9.80 Å². The number of anilines is 6. The normalized spacial score (nSPS) is 16.7. The van der Waals surface area contributed by atoms with Gasteiger partial charge in [0.15, 0.2) is 0 Å². The van der Waals surface area contributed by atoms with Crippen LogP contribution in [-0.2, 0) is 5.41 Å². The van der Waals surface area contributed by atoms with Crippen LogP contribution in [-0.4, -0.2) is 0 Å². The van der Waals surface area contributed by atoms with Gasteiger partial charge in [-0.3, -0.25) is 0 Å². The van der Waals surface area contributed by atoms with Gasteiger partial charge in [-0.25, -0.2) is 0 Å². The Labute approximate surface area is 411 Å². The van der Waals surface area contributed by atoms with E-state index in [1.54, 1.807) is 11.1 Å². The molecule has 2 bridgehead atoms. The molecule has 13 rings (SSSR count). The fraction of sp³-hybridized carbons (Fsp3) is 0.118. The van der Waals surface area contributed by atoms with Crippen LogP contribution in [0.4, 0.5) is 34.1 Å². The lowest BCUT2D eigenvalue weighted by Crippen LogP contribution is -2.31. The third-order valence-corrected chi connectivity index (χ3v) is 16.4. The van der Waals surface area contributed by atoms with Gasteiger partial charge in [-0.2, -0.15) is 0 Å². The van der Waals surface area contributed by atoms with E-state index in [1.165, 1.54) is 78.5 Å². The average molecular weight is 899 g/mol. The molecule has 0 amide bonds. The Balaban J connectivity index is 1.14. The van der Waals surface area contributed by atoms with Gasteiger partial charge >= 0.3 is 0 Å². The van der Waals surface area contributed by atoms with Crippen LogP contribution in [0.1, 0.15) is 50.7 Å². The predicted molar refractivity (Wildman–Crippen MR) is 298 cm³/mol. The molecule has 11 aromatic rings. The molecule has 1 fully saturated rings. The molecule has 0 saturated heterocycles. The SMILES string of the molecule is CC12CCC(c3c1c(-c1ccccc1)c1ccc(-c4ccc5c(N(c6ccccc6)c6ccccc6)c6ccccc6c(N(c6ccccc6)c6ccccc6)c5c4)cc1c3-c1ccccc1)C2(C)C. The monoisotopic (exact) mass is 898 g/mol. The van der Waals surface area contributed by atoms with E-state index in [4.69, 9.17) is 0 Å². The van der Waals surface area contributed by atoms with Crippen molar-refractivity contribution in [3.8, 4) is 33.4 Å². The average Bonchev–Trinajstić information content (AvgIpc) is 3.76. The van der Waals surface area contributed by atoms with Gasteiger partial charge in [0.05, 0.1) is 11.4 Å². The number of nitrogens with zero attached hydrogens (tertiary/aromatic N) is 2. The summed E-state index contributed by atoms with van der Waals surface area (Å²) in [5.41, 5.74) is 17.8. The molecule has 0 N–H and O–H groups in total. The topological polar surface area (TPSA) is 6.48 Å². The van der Waals surface area contributed by atoms with Crippen LogP contribution in [0.3, 0.4) is 0 Å². The van der Waals surface area contributed by atoms with Crippen LogP contribution in [0.25, 0.3) is 65.7 Å². The first-order chi connectivity index (χ1) is 34.4. The van der Waals surface area contributed by atoms with E-state index >= 15 is 0 Å². The molecule has 0 aliphatic heterocycles. The lowest BCUT2D eigenvalue weighted by Gasteiger charge is -2.37. The summed E-state index contributed by atoms with van der Waals surface area (Å²) in [5, 5.41) is 7.34. The summed E-state index contributed by atoms with van der Waals surface area (Å²) in [6.07, 6.45) is 2.42. The minimum absolute atomic E-state index is 0.0561. The molecule has 70 heavy (non-hydrogen) atoms. The Kier molecular flexibility index (Phi) is 9.89. The van der Waals surface area contributed by atoms with Gasteiger partial charge in [-0.05, 0) is 146 Å². The molecule has 0 spiro atoms. The zero-order valence-corrected chi connectivity index (χ0v) is 40.0. The molecule has 2 aliphatic carbocycles. The quantitative estimate of drug-likeness (QED) is 0.105. The maximum absolute atomic E-state index is 2.57. The maximum Gasteiger partial charge on any atom is 0.0620 e. The van der Waals surface area contributed by atoms with Crippen LogP contribution < -0.4 is 9.80 Å². The number of para-hydroxylation sites is 4. The van der Waals surface area contributed by atoms with E-state index in [2.05, 4.69) is 273 Å². The first-order valence-corrected chi connectivity index (χ1v) is 24.9. The van der Waals surface area contributed by atoms with E-state index < -0.39 is 0 Å². The molecule has 2 heteroatoms. The van der Waals surface area contributed by atoms with Crippen LogP contribution in [0.15, 0.2) is 243 Å². The molecule has 336 valence electrons. The molecule has 2 atom stereocenters. The Bertz CT molecular complexity index is 3660. The molecule has 1 saturated carbocycles. The molecule has 0 radical (unpaired) electrons. The van der Waals surface area contributed by atoms with Gasteiger partial charge in [0.1, 0.15) is 0 Å². The Morgan fingerprint density at radius 1 is 0.343 bits per heavy atom. The molecular weight excluding hydrogens is 845 g/mol. The maximum atomic E-state index is 2.57. The third-order valence-electron chi connectivity index (χ3n) is 16.4. The summed E-state index contributed by atoms with van der Waals surface area (Å²) in [4.78, 5) is 4.92. The number of hydrogen-bond donors (Lipinski definition) is 0. The number of benzene rings is 11. The zero-order valence-electron chi connectivity index (χ0n) is 40.0. The summed E-state index contributed by atoms with van der Waals surface area (Å²) >= 11 is 0. The van der Waals surface area contributed by atoms with Gasteiger partial charge in [0.2, 0.25) is 0 Å². The van der Waals surface area contributed by atoms with Crippen LogP contribution in [0.5, 0.6) is 0 Å². The van der Waals surface area contributed by atoms with Gasteiger partial charge in [-0.15, -0.1) is 0 Å². The fourth-order valence-electron chi connectivity index (χ4n) is 12.8. The highest BCUT2D eigenvalue weighted by atomic mass is 15.2. The second kappa shape index (κ2) is 16.5. The van der Waals surface area contributed by atoms with Crippen molar-refractivity contribution in [1.29, 1.82) is 0 Å². The first kappa shape index (κ1) is 41.9. The highest BCUT2D eigenvalue weighted by Gasteiger charge is 2.61. The largest absolute Gasteiger partial charge is 0.309 e. The predicted octanol–water partition coefficient (Wildman–Crippen LogP) is 19.3. The number of fused-ring (bicyclic) bond motifs is 8. The number of rotatable bonds is 9. The van der Waals surface area contributed by atoms with E-state index in [0.717, 1.165) is 34.1 Å². The van der Waals surface area contributed by atoms with Gasteiger partial charge in [-0.1, -0.05) is 203 Å². The summed E-state index contributed by atoms with van der Waals surface area (Å²) < 4.78 is 0. The van der Waals surface area contributed by atoms with Crippen molar-refractivity contribution in [2.24, 2.45) is 5.41 Å². The first-order valence-electron chi connectivity index (χ1n) is 24.9. The highest BCUT2D eigenvalue weighted by molar-refractivity contribution is 6.24. The van der Waals surface area contributed by atoms with Crippen molar-refractivity contribution < 1.29 is 0 Å². The molecule has 0 heterocycles. The van der Waals surface area contributed by atoms with E-state index in [0.29, 0.717) is 5.92 Å². The Morgan fingerprint density at radius 3 is 1.19 bits per heavy atom. The summed E-state index contributed by atoms with van der Waals surface area (Å²) in [7, 11) is 0. The van der Waals surface area contributed by atoms with E-state index in [-0.39, 0.29) is 10.8 Å². The van der Waals surface area contributed by atoms with Crippen molar-refractivity contribution in [2.45, 2.75) is 44.9 Å². The van der Waals surface area contributed by atoms with Crippen LogP contribution in [0.2, 0.25) is 0 Å². The van der Waals surface area contributed by atoms with Crippen molar-refractivity contribution in [3.63, 3.8) is 0 Å². The second-order valence-corrected chi connectivity index (χ2v) is 20.2. The lowest BCUT2D eigenvalue weighted by atomic mass is 9.67. The van der Waals surface area contributed by atoms with Crippen LogP contribution in [0, 0.1) is 5.41 Å². The third kappa shape index (κ3) is 6.40. The summed E-state index contributed by atoms with van der Waals surface area (Å²) in [6, 6.07) is 89.5. The van der Waals surface area contributed by atoms with Crippen LogP contribution >= 0.6 is 0 Å². The second-order valence-electron chi connectivity index (χ2n) is 20.2. The minimum atomic E-state index is 0.0561. The summed E-state index contributed by atoms with van der Waals surface area (Å²) in [5.74, 6) is 0.465. The van der Waals surface area contributed by atoms with E-state index in [9.17, 15) is 0 Å². The molecule has 0 aromatic heterocycles. The fourth-order valence-corrected chi connectivity index (χ4v) is 12.8. The van der Waals surface area contributed by atoms with E-state index in [1.807, 2.05) is 0 Å². The van der Waals surface area contributed by atoms with Gasteiger partial charge in [0, 0.05) is 44.3 Å².